The lowest BCUT2D eigenvalue weighted by atomic mass is 10.1. The molecule has 0 unspecified atom stereocenters. The van der Waals surface area contributed by atoms with E-state index in [0.717, 1.165) is 5.69 Å². The van der Waals surface area contributed by atoms with E-state index in [0.29, 0.717) is 6.42 Å². The number of rotatable bonds is 3. The summed E-state index contributed by atoms with van der Waals surface area (Å²) in [4.78, 5) is 17.0. The molecule has 1 heterocycles. The van der Waals surface area contributed by atoms with Gasteiger partial charge in [-0.3, -0.25) is 9.78 Å². The van der Waals surface area contributed by atoms with Crippen LogP contribution in [0.4, 0.5) is 0 Å². The van der Waals surface area contributed by atoms with Gasteiger partial charge in [0.25, 0.3) is 0 Å². The summed E-state index contributed by atoms with van der Waals surface area (Å²) in [6, 6.07) is 5.08. The number of aromatic nitrogens is 1. The van der Waals surface area contributed by atoms with Crippen LogP contribution in [0.25, 0.3) is 0 Å². The molecule has 0 saturated heterocycles. The molecular formula is C10H15N3O. The summed E-state index contributed by atoms with van der Waals surface area (Å²) >= 11 is 0. The van der Waals surface area contributed by atoms with E-state index in [1.54, 1.807) is 20.3 Å². The molecule has 1 atom stereocenters. The molecule has 4 heteroatoms. The van der Waals surface area contributed by atoms with Crippen LogP contribution in [-0.2, 0) is 11.2 Å². The molecule has 0 aliphatic rings. The quantitative estimate of drug-likeness (QED) is 0.737. The molecule has 1 aromatic heterocycles. The fourth-order valence-corrected chi connectivity index (χ4v) is 1.16. The summed E-state index contributed by atoms with van der Waals surface area (Å²) in [7, 11) is 3.39. The standard InChI is InChI=1S/C10H15N3O/c1-13(2)10(14)9(11)7-8-5-3-4-6-12-8/h3-6,9H,7,11H2,1-2H3/t9-/m0/s1. The smallest absolute Gasteiger partial charge is 0.239 e. The summed E-state index contributed by atoms with van der Waals surface area (Å²) in [5.74, 6) is -0.0735. The van der Waals surface area contributed by atoms with Gasteiger partial charge >= 0.3 is 0 Å². The Labute approximate surface area is 83.7 Å². The molecule has 0 fully saturated rings. The van der Waals surface area contributed by atoms with Crippen LogP contribution in [0.1, 0.15) is 5.69 Å². The highest BCUT2D eigenvalue weighted by molar-refractivity contribution is 5.81. The van der Waals surface area contributed by atoms with Crippen molar-refractivity contribution in [1.82, 2.24) is 9.88 Å². The SMILES string of the molecule is CN(C)C(=O)[C@@H](N)Cc1ccccn1. The minimum Gasteiger partial charge on any atom is -0.347 e. The van der Waals surface area contributed by atoms with Gasteiger partial charge in [0.15, 0.2) is 0 Å². The molecule has 0 saturated carbocycles. The van der Waals surface area contributed by atoms with E-state index in [4.69, 9.17) is 5.73 Å². The molecule has 0 aromatic carbocycles. The maximum Gasteiger partial charge on any atom is 0.239 e. The molecule has 0 aliphatic heterocycles. The zero-order valence-electron chi connectivity index (χ0n) is 8.47. The van der Waals surface area contributed by atoms with Crippen molar-refractivity contribution < 1.29 is 4.79 Å². The third-order valence-corrected chi connectivity index (χ3v) is 1.91. The first-order valence-corrected chi connectivity index (χ1v) is 4.48. The largest absolute Gasteiger partial charge is 0.347 e. The number of hydrogen-bond donors (Lipinski definition) is 1. The van der Waals surface area contributed by atoms with Gasteiger partial charge in [-0.15, -0.1) is 0 Å². The van der Waals surface area contributed by atoms with Crippen LogP contribution in [0.3, 0.4) is 0 Å². The summed E-state index contributed by atoms with van der Waals surface area (Å²) in [6.07, 6.45) is 2.18. The number of carbonyl (C=O) groups is 1. The normalized spacial score (nSPS) is 12.2. The van der Waals surface area contributed by atoms with Crippen LogP contribution in [0.5, 0.6) is 0 Å². The molecule has 4 nitrogen and oxygen atoms in total. The van der Waals surface area contributed by atoms with Crippen molar-refractivity contribution in [2.75, 3.05) is 14.1 Å². The summed E-state index contributed by atoms with van der Waals surface area (Å²) in [5, 5.41) is 0. The first-order valence-electron chi connectivity index (χ1n) is 4.48. The Kier molecular flexibility index (Phi) is 3.59. The molecule has 1 amide bonds. The lowest BCUT2D eigenvalue weighted by Gasteiger charge is -2.16. The van der Waals surface area contributed by atoms with Gasteiger partial charge in [0.05, 0.1) is 6.04 Å². The highest BCUT2D eigenvalue weighted by atomic mass is 16.2. The van der Waals surface area contributed by atoms with Crippen molar-refractivity contribution in [1.29, 1.82) is 0 Å². The van der Waals surface area contributed by atoms with Crippen LogP contribution < -0.4 is 5.73 Å². The Balaban J connectivity index is 2.57. The number of amides is 1. The Morgan fingerprint density at radius 2 is 2.29 bits per heavy atom. The van der Waals surface area contributed by atoms with Gasteiger partial charge in [-0.05, 0) is 12.1 Å². The third-order valence-electron chi connectivity index (χ3n) is 1.91. The average molecular weight is 193 g/mol. The summed E-state index contributed by atoms with van der Waals surface area (Å²) in [6.45, 7) is 0. The van der Waals surface area contributed by atoms with E-state index in [-0.39, 0.29) is 5.91 Å². The molecule has 1 rings (SSSR count). The summed E-state index contributed by atoms with van der Waals surface area (Å²) in [5.41, 5.74) is 6.56. The average Bonchev–Trinajstić information content (AvgIpc) is 2.18. The van der Waals surface area contributed by atoms with Gasteiger partial charge in [-0.25, -0.2) is 0 Å². The maximum atomic E-state index is 11.4. The van der Waals surface area contributed by atoms with Crippen molar-refractivity contribution in [3.63, 3.8) is 0 Å². The Bertz CT molecular complexity index is 297. The van der Waals surface area contributed by atoms with Crippen LogP contribution in [0.15, 0.2) is 24.4 Å². The highest BCUT2D eigenvalue weighted by Gasteiger charge is 2.15. The van der Waals surface area contributed by atoms with Crippen LogP contribution >= 0.6 is 0 Å². The van der Waals surface area contributed by atoms with Gasteiger partial charge in [-0.2, -0.15) is 0 Å². The second-order valence-electron chi connectivity index (χ2n) is 3.36. The van der Waals surface area contributed by atoms with Crippen molar-refractivity contribution in [3.05, 3.63) is 30.1 Å². The molecule has 0 bridgehead atoms. The minimum absolute atomic E-state index is 0.0735. The van der Waals surface area contributed by atoms with Crippen LogP contribution in [0.2, 0.25) is 0 Å². The fraction of sp³-hybridized carbons (Fsp3) is 0.400. The lowest BCUT2D eigenvalue weighted by molar-refractivity contribution is -0.130. The first kappa shape index (κ1) is 10.7. The zero-order valence-corrected chi connectivity index (χ0v) is 8.47. The van der Waals surface area contributed by atoms with E-state index in [1.807, 2.05) is 18.2 Å². The third kappa shape index (κ3) is 2.81. The predicted molar refractivity (Wildman–Crippen MR) is 54.6 cm³/mol. The number of pyridine rings is 1. The highest BCUT2D eigenvalue weighted by Crippen LogP contribution is 1.99. The van der Waals surface area contributed by atoms with E-state index in [9.17, 15) is 4.79 Å². The van der Waals surface area contributed by atoms with Gasteiger partial charge in [0, 0.05) is 32.4 Å². The molecule has 76 valence electrons. The first-order chi connectivity index (χ1) is 6.61. The Morgan fingerprint density at radius 1 is 1.57 bits per heavy atom. The van der Waals surface area contributed by atoms with Gasteiger partial charge < -0.3 is 10.6 Å². The van der Waals surface area contributed by atoms with Gasteiger partial charge in [0.1, 0.15) is 0 Å². The number of nitrogens with zero attached hydrogens (tertiary/aromatic N) is 2. The van der Waals surface area contributed by atoms with Crippen LogP contribution in [-0.4, -0.2) is 35.9 Å². The van der Waals surface area contributed by atoms with Crippen molar-refractivity contribution >= 4 is 5.91 Å². The monoisotopic (exact) mass is 193 g/mol. The van der Waals surface area contributed by atoms with Crippen molar-refractivity contribution in [2.45, 2.75) is 12.5 Å². The molecule has 2 N–H and O–H groups in total. The van der Waals surface area contributed by atoms with E-state index in [2.05, 4.69) is 4.98 Å². The minimum atomic E-state index is -0.500. The second-order valence-corrected chi connectivity index (χ2v) is 3.36. The van der Waals surface area contributed by atoms with Gasteiger partial charge in [0.2, 0.25) is 5.91 Å². The Hall–Kier alpha value is -1.42. The second kappa shape index (κ2) is 4.72. The Morgan fingerprint density at radius 3 is 2.79 bits per heavy atom. The number of carbonyl (C=O) groups excluding carboxylic acids is 1. The number of hydrogen-bond acceptors (Lipinski definition) is 3. The molecule has 0 radical (unpaired) electrons. The molecule has 0 spiro atoms. The fourth-order valence-electron chi connectivity index (χ4n) is 1.16. The van der Waals surface area contributed by atoms with Crippen LogP contribution in [0, 0.1) is 0 Å². The maximum absolute atomic E-state index is 11.4. The van der Waals surface area contributed by atoms with E-state index in [1.165, 1.54) is 4.90 Å². The zero-order chi connectivity index (χ0) is 10.6. The molecule has 14 heavy (non-hydrogen) atoms. The predicted octanol–water partition coefficient (Wildman–Crippen LogP) is 0.0396. The molecule has 0 aliphatic carbocycles. The molecular weight excluding hydrogens is 178 g/mol. The lowest BCUT2D eigenvalue weighted by Crippen LogP contribution is -2.41. The van der Waals surface area contributed by atoms with Crippen molar-refractivity contribution in [2.24, 2.45) is 5.73 Å². The van der Waals surface area contributed by atoms with Crippen molar-refractivity contribution in [3.8, 4) is 0 Å². The summed E-state index contributed by atoms with van der Waals surface area (Å²) < 4.78 is 0. The van der Waals surface area contributed by atoms with E-state index < -0.39 is 6.04 Å². The number of nitrogens with two attached hydrogens (primary N) is 1. The van der Waals surface area contributed by atoms with E-state index >= 15 is 0 Å². The molecule has 1 aromatic rings. The number of likely N-dealkylation sites (N-methyl/N-ethyl adjacent to an activating group) is 1. The van der Waals surface area contributed by atoms with Gasteiger partial charge in [-0.1, -0.05) is 6.07 Å². The topological polar surface area (TPSA) is 59.2 Å².